The van der Waals surface area contributed by atoms with Crippen molar-refractivity contribution in [2.75, 3.05) is 56.5 Å². The number of carbonyl (C=O) groups excluding carboxylic acids is 3. The quantitative estimate of drug-likeness (QED) is 0.107. The number of pyridine rings is 1. The van der Waals surface area contributed by atoms with Crippen LogP contribution in [0.25, 0.3) is 27.9 Å². The van der Waals surface area contributed by atoms with E-state index in [2.05, 4.69) is 36.7 Å². The molecule has 2 aromatic carbocycles. The summed E-state index contributed by atoms with van der Waals surface area (Å²) in [6, 6.07) is 19.0. The Hall–Kier alpha value is -6.23. The molecule has 326 valence electrons. The lowest BCUT2D eigenvalue weighted by Crippen LogP contribution is -2.69. The first-order chi connectivity index (χ1) is 30.4. The lowest BCUT2D eigenvalue weighted by Gasteiger charge is -2.53. The fourth-order valence-corrected chi connectivity index (χ4v) is 10.3. The number of rotatable bonds is 14. The van der Waals surface area contributed by atoms with Crippen LogP contribution in [0.1, 0.15) is 65.8 Å². The van der Waals surface area contributed by atoms with Crippen molar-refractivity contribution >= 4 is 86.0 Å². The minimum absolute atomic E-state index is 0.0108. The third-order valence-electron chi connectivity index (χ3n) is 12.3. The molecule has 6 heterocycles. The number of hydrogen-bond donors (Lipinski definition) is 3. The molecule has 1 unspecified atom stereocenters. The normalized spacial score (nSPS) is 18.0. The Kier molecular flexibility index (Phi) is 12.8. The number of nitrogens with zero attached hydrogens (tertiary/aromatic N) is 9. The summed E-state index contributed by atoms with van der Waals surface area (Å²) in [5.41, 5.74) is 21.6. The van der Waals surface area contributed by atoms with E-state index in [9.17, 15) is 9.59 Å². The van der Waals surface area contributed by atoms with Gasteiger partial charge in [0.05, 0.1) is 21.9 Å². The minimum atomic E-state index is -1.28. The smallest absolute Gasteiger partial charge is 0.249 e. The maximum Gasteiger partial charge on any atom is 0.249 e. The van der Waals surface area contributed by atoms with Crippen molar-refractivity contribution in [1.82, 2.24) is 44.5 Å². The number of nitrogen functional groups attached to an aromatic ring is 3. The second kappa shape index (κ2) is 18.6. The number of benzene rings is 2. The highest BCUT2D eigenvalue weighted by Gasteiger charge is 2.56. The number of thiophene rings is 1. The first-order valence-electron chi connectivity index (χ1n) is 21.2. The van der Waals surface area contributed by atoms with E-state index in [1.807, 2.05) is 71.3 Å². The average Bonchev–Trinajstić information content (AvgIpc) is 3.70. The molecule has 0 spiro atoms. The summed E-state index contributed by atoms with van der Waals surface area (Å²) in [5.74, 6) is 0.362. The van der Waals surface area contributed by atoms with Gasteiger partial charge in [0, 0.05) is 72.6 Å². The van der Waals surface area contributed by atoms with E-state index in [4.69, 9.17) is 28.8 Å². The number of aromatic nitrogens is 5. The Balaban J connectivity index is 1.10. The number of carbonyl (C=O) groups is 3. The van der Waals surface area contributed by atoms with Crippen LogP contribution >= 0.6 is 22.9 Å². The van der Waals surface area contributed by atoms with Gasteiger partial charge in [0.2, 0.25) is 17.7 Å². The minimum Gasteiger partial charge on any atom is -0.384 e. The Morgan fingerprint density at radius 3 is 2.14 bits per heavy atom. The van der Waals surface area contributed by atoms with E-state index >= 15 is 4.79 Å². The molecule has 15 nitrogen and oxygen atoms in total. The maximum atomic E-state index is 15.7. The Morgan fingerprint density at radius 2 is 1.52 bits per heavy atom. The van der Waals surface area contributed by atoms with E-state index in [0.717, 1.165) is 44.3 Å². The van der Waals surface area contributed by atoms with Crippen LogP contribution in [0, 0.1) is 6.92 Å². The molecule has 0 radical (unpaired) electrons. The second-order valence-corrected chi connectivity index (χ2v) is 18.0. The largest absolute Gasteiger partial charge is 0.384 e. The van der Waals surface area contributed by atoms with Gasteiger partial charge < -0.3 is 31.9 Å². The van der Waals surface area contributed by atoms with Crippen LogP contribution < -0.4 is 17.2 Å². The fraction of sp³-hybridized carbons (Fsp3) is 0.348. The first kappa shape index (κ1) is 43.4. The third kappa shape index (κ3) is 9.15. The summed E-state index contributed by atoms with van der Waals surface area (Å²) in [6.45, 7) is 7.24. The number of anilines is 3. The van der Waals surface area contributed by atoms with Crippen molar-refractivity contribution in [3.63, 3.8) is 0 Å². The Bertz CT molecular complexity index is 2710. The molecule has 0 saturated carbocycles. The van der Waals surface area contributed by atoms with Gasteiger partial charge in [-0.3, -0.25) is 19.3 Å². The van der Waals surface area contributed by atoms with Crippen molar-refractivity contribution in [2.45, 2.75) is 64.1 Å². The molecular weight excluding hydrogens is 836 g/mol. The van der Waals surface area contributed by atoms with E-state index < -0.39 is 11.5 Å². The molecule has 2 atom stereocenters. The molecule has 6 aromatic rings. The molecule has 2 aliphatic heterocycles. The van der Waals surface area contributed by atoms with Gasteiger partial charge in [0.25, 0.3) is 0 Å². The van der Waals surface area contributed by atoms with Crippen LogP contribution in [-0.4, -0.2) is 107 Å². The van der Waals surface area contributed by atoms with Gasteiger partial charge in [-0.1, -0.05) is 43.5 Å². The molecule has 63 heavy (non-hydrogen) atoms. The number of halogens is 1. The number of piperazine rings is 2. The molecule has 2 fully saturated rings. The number of fused-ring (bicyclic) bond motifs is 2. The van der Waals surface area contributed by atoms with Gasteiger partial charge in [-0.15, -0.1) is 11.3 Å². The summed E-state index contributed by atoms with van der Waals surface area (Å²) in [4.78, 5) is 74.3. The van der Waals surface area contributed by atoms with E-state index in [1.165, 1.54) is 24.0 Å². The van der Waals surface area contributed by atoms with Crippen LogP contribution in [0.4, 0.5) is 17.5 Å². The van der Waals surface area contributed by atoms with Crippen molar-refractivity contribution in [2.24, 2.45) is 0 Å². The van der Waals surface area contributed by atoms with Crippen LogP contribution in [0.5, 0.6) is 0 Å². The zero-order valence-electron chi connectivity index (χ0n) is 35.4. The highest BCUT2D eigenvalue weighted by Crippen LogP contribution is 2.47. The highest BCUT2D eigenvalue weighted by atomic mass is 35.5. The molecule has 3 amide bonds. The Morgan fingerprint density at radius 1 is 0.857 bits per heavy atom. The fourth-order valence-electron chi connectivity index (χ4n) is 9.03. The number of aryl methyl sites for hydroxylation is 1. The summed E-state index contributed by atoms with van der Waals surface area (Å²) in [7, 11) is 0. The zero-order valence-corrected chi connectivity index (χ0v) is 37.0. The topological polar surface area (TPSA) is 207 Å². The molecule has 4 aromatic heterocycles. The monoisotopic (exact) mass is 886 g/mol. The summed E-state index contributed by atoms with van der Waals surface area (Å²) in [6.07, 6.45) is 8.60. The molecule has 2 saturated heterocycles. The molecule has 0 aliphatic carbocycles. The first-order valence-corrected chi connectivity index (χ1v) is 22.4. The lowest BCUT2D eigenvalue weighted by molar-refractivity contribution is -0.163. The number of amides is 3. The third-order valence-corrected chi connectivity index (χ3v) is 13.7. The van der Waals surface area contributed by atoms with Crippen LogP contribution in [0.3, 0.4) is 0 Å². The number of hydrogen-bond acceptors (Lipinski definition) is 13. The van der Waals surface area contributed by atoms with Crippen molar-refractivity contribution in [3.8, 4) is 0 Å². The van der Waals surface area contributed by atoms with Crippen molar-refractivity contribution < 1.29 is 14.4 Å². The van der Waals surface area contributed by atoms with Crippen molar-refractivity contribution in [1.29, 1.82) is 0 Å². The summed E-state index contributed by atoms with van der Waals surface area (Å²) < 4.78 is 0.592. The van der Waals surface area contributed by atoms with Gasteiger partial charge in [-0.25, -0.2) is 24.9 Å². The number of nitrogens with two attached hydrogens (primary N) is 3. The predicted octanol–water partition coefficient (Wildman–Crippen LogP) is 6.07. The molecule has 2 aliphatic rings. The summed E-state index contributed by atoms with van der Waals surface area (Å²) in [5, 5.41) is 1.51. The Labute approximate surface area is 375 Å². The van der Waals surface area contributed by atoms with Crippen molar-refractivity contribution in [3.05, 3.63) is 111 Å². The number of unbranched alkanes of at least 4 members (excludes halogenated alkanes) is 1. The predicted molar refractivity (Wildman–Crippen MR) is 248 cm³/mol. The van der Waals surface area contributed by atoms with E-state index in [-0.39, 0.29) is 24.3 Å². The maximum absolute atomic E-state index is 15.7. The highest BCUT2D eigenvalue weighted by molar-refractivity contribution is 7.16. The molecule has 17 heteroatoms. The van der Waals surface area contributed by atoms with E-state index in [1.54, 1.807) is 23.1 Å². The van der Waals surface area contributed by atoms with Crippen LogP contribution in [0.2, 0.25) is 4.34 Å². The van der Waals surface area contributed by atoms with E-state index in [0.29, 0.717) is 98.1 Å². The molecule has 8 rings (SSSR count). The molecule has 6 N–H and O–H groups in total. The van der Waals surface area contributed by atoms with Gasteiger partial charge in [0.15, 0.2) is 0 Å². The average molecular weight is 888 g/mol. The standard InChI is InChI=1S/C46H51ClN12O3S/c1-3-4-16-46(35(38-11-12-39(47)63-38)15-17-56-18-19-57(42(61)26-56)24-30-5-9-33-36(22-30)51-27-53-43(33)49)45(62)58(25-31-6-10-34-37(23-31)52-28-54-44(34)50)20-21-59(46)41(60)14-8-32-7-13-40(48)55-29(32)2/h5-14,22-23,27-28,35H,3-4,15-21,24-26H2,1-2H3,(H2,48,55)(H2,49,51,53)(H2,50,52,54)/t35?,46-/m0/s1. The molecular formula is C46H51ClN12O3S. The van der Waals surface area contributed by atoms with Crippen LogP contribution in [-0.2, 0) is 27.5 Å². The zero-order chi connectivity index (χ0) is 44.3. The lowest BCUT2D eigenvalue weighted by atomic mass is 9.72. The second-order valence-electron chi connectivity index (χ2n) is 16.3. The molecule has 0 bridgehead atoms. The van der Waals surface area contributed by atoms with Gasteiger partial charge in [0.1, 0.15) is 35.6 Å². The van der Waals surface area contributed by atoms with Gasteiger partial charge in [-0.05, 0) is 97.6 Å². The van der Waals surface area contributed by atoms with Gasteiger partial charge >= 0.3 is 0 Å². The van der Waals surface area contributed by atoms with Gasteiger partial charge in [-0.2, -0.15) is 0 Å². The summed E-state index contributed by atoms with van der Waals surface area (Å²) >= 11 is 8.11. The SMILES string of the molecule is CCCC[C@]1(C(CCN2CCN(Cc3ccc4c(N)ncnc4c3)C(=O)C2)c2ccc(Cl)s2)C(=O)N(Cc2ccc3c(N)ncnc3c2)CCN1C(=O)C=Cc1ccc(N)nc1C. The van der Waals surface area contributed by atoms with Crippen LogP contribution in [0.15, 0.2) is 79.4 Å².